The number of carboxylic acids is 2. The van der Waals surface area contributed by atoms with Crippen LogP contribution in [-0.4, -0.2) is 50.9 Å². The second-order valence-corrected chi connectivity index (χ2v) is 3.11. The summed E-state index contributed by atoms with van der Waals surface area (Å²) < 4.78 is 76.1. The Labute approximate surface area is 103 Å². The number of rotatable bonds is 8. The molecule has 0 saturated carbocycles. The molecule has 0 aliphatic carbocycles. The van der Waals surface area contributed by atoms with Gasteiger partial charge in [-0.3, -0.25) is 0 Å². The molecule has 0 aromatic heterocycles. The van der Waals surface area contributed by atoms with Crippen molar-refractivity contribution >= 4 is 11.9 Å². The van der Waals surface area contributed by atoms with Gasteiger partial charge in [-0.05, 0) is 13.6 Å². The molecular weight excluding hydrogens is 314 g/mol. The van der Waals surface area contributed by atoms with E-state index in [4.69, 9.17) is 15.3 Å². The summed E-state index contributed by atoms with van der Waals surface area (Å²) >= 11 is 0. The van der Waals surface area contributed by atoms with Gasteiger partial charge in [0.1, 0.15) is 0 Å². The Kier molecular flexibility index (Phi) is 5.30. The highest BCUT2D eigenvalue weighted by molar-refractivity contribution is 5.78. The average molecular weight is 318 g/mol. The third-order valence-corrected chi connectivity index (χ3v) is 2.04. The fourth-order valence-electron chi connectivity index (χ4n) is 0.968. The van der Waals surface area contributed by atoms with Gasteiger partial charge in [0.25, 0.3) is 0 Å². The monoisotopic (exact) mass is 318 g/mol. The van der Waals surface area contributed by atoms with Gasteiger partial charge in [0.05, 0.1) is 0 Å². The normalized spacial score (nSPS) is 22.1. The Morgan fingerprint density at radius 2 is 1.40 bits per heavy atom. The number of hydrogen-bond donors (Lipinski definition) is 3. The van der Waals surface area contributed by atoms with Crippen molar-refractivity contribution < 1.29 is 66.5 Å². The van der Waals surface area contributed by atoms with Crippen molar-refractivity contribution in [3.63, 3.8) is 0 Å². The summed E-state index contributed by atoms with van der Waals surface area (Å²) in [7, 11) is 0. The lowest BCUT2D eigenvalue weighted by atomic mass is 9.95. The molecule has 0 aromatic carbocycles. The minimum Gasteiger partial charge on any atom is -0.479 e. The molecule has 0 aromatic rings. The Morgan fingerprint density at radius 3 is 1.60 bits per heavy atom. The van der Waals surface area contributed by atoms with E-state index < -0.39 is 35.6 Å². The number of halogens is 6. The highest BCUT2D eigenvalue weighted by Crippen LogP contribution is 2.47. The first-order valence-corrected chi connectivity index (χ1v) is 4.08. The van der Waals surface area contributed by atoms with E-state index in [-0.39, 0.29) is 0 Å². The largest absolute Gasteiger partial charge is 0.479 e. The van der Waals surface area contributed by atoms with E-state index in [1.165, 1.54) is 0 Å². The summed E-state index contributed by atoms with van der Waals surface area (Å²) in [6.45, 7) is 0. The van der Waals surface area contributed by atoms with Crippen LogP contribution in [0.5, 0.6) is 0 Å². The molecule has 0 radical (unpaired) electrons. The summed E-state index contributed by atoms with van der Waals surface area (Å²) in [5.41, 5.74) is 0. The SMILES string of the molecule is O=C(O)[C@@H](O)[C@](F)(OF)[C@](F)(OF)[C@](F)(OF)C(=O)O. The molecule has 8 nitrogen and oxygen atoms in total. The molecule has 0 amide bonds. The van der Waals surface area contributed by atoms with Gasteiger partial charge in [0.15, 0.2) is 0 Å². The Bertz CT molecular complexity index is 396. The van der Waals surface area contributed by atoms with Crippen LogP contribution in [0, 0.1) is 0 Å². The van der Waals surface area contributed by atoms with Crippen LogP contribution in [-0.2, 0) is 24.4 Å². The van der Waals surface area contributed by atoms with Crippen molar-refractivity contribution in [3.8, 4) is 0 Å². The number of alkyl halides is 3. The molecule has 0 saturated heterocycles. The molecular formula is C6H4F6O8. The van der Waals surface area contributed by atoms with Gasteiger partial charge in [0, 0.05) is 0 Å². The van der Waals surface area contributed by atoms with Gasteiger partial charge in [-0.1, -0.05) is 0 Å². The van der Waals surface area contributed by atoms with E-state index in [9.17, 15) is 36.3 Å². The maximum Gasteiger partial charge on any atom is 0.407 e. The van der Waals surface area contributed by atoms with Crippen LogP contribution >= 0.6 is 0 Å². The Morgan fingerprint density at radius 1 is 0.950 bits per heavy atom. The zero-order valence-electron chi connectivity index (χ0n) is 8.73. The number of aliphatic carboxylic acids is 2. The first kappa shape index (κ1) is 18.4. The molecule has 3 N–H and O–H groups in total. The molecule has 4 atom stereocenters. The van der Waals surface area contributed by atoms with Gasteiger partial charge < -0.3 is 15.3 Å². The Hall–Kier alpha value is -1.64. The number of carbonyl (C=O) groups is 2. The van der Waals surface area contributed by atoms with E-state index in [0.717, 1.165) is 0 Å². The van der Waals surface area contributed by atoms with Gasteiger partial charge in [0.2, 0.25) is 6.10 Å². The number of carboxylic acid groups (broad SMARTS) is 2. The smallest absolute Gasteiger partial charge is 0.407 e. The fraction of sp³-hybridized carbons (Fsp3) is 0.667. The third kappa shape index (κ3) is 2.26. The van der Waals surface area contributed by atoms with E-state index in [0.29, 0.717) is 0 Å². The van der Waals surface area contributed by atoms with Crippen molar-refractivity contribution in [2.45, 2.75) is 23.7 Å². The first-order chi connectivity index (χ1) is 8.98. The number of aliphatic hydroxyl groups excluding tert-OH is 1. The highest BCUT2D eigenvalue weighted by Gasteiger charge is 2.81. The molecule has 0 aliphatic heterocycles. The molecule has 0 fully saturated rings. The minimum atomic E-state index is -6.05. The van der Waals surface area contributed by atoms with Gasteiger partial charge in [-0.25, -0.2) is 9.59 Å². The summed E-state index contributed by atoms with van der Waals surface area (Å²) in [6, 6.07) is 0. The molecule has 0 aliphatic rings. The lowest BCUT2D eigenvalue weighted by molar-refractivity contribution is -0.512. The lowest BCUT2D eigenvalue weighted by Gasteiger charge is -2.37. The molecule has 0 unspecified atom stereocenters. The van der Waals surface area contributed by atoms with Crippen molar-refractivity contribution in [2.24, 2.45) is 0 Å². The lowest BCUT2D eigenvalue weighted by Crippen LogP contribution is -2.70. The summed E-state index contributed by atoms with van der Waals surface area (Å²) in [5.74, 6) is -23.9. The van der Waals surface area contributed by atoms with Crippen LogP contribution in [0.2, 0.25) is 0 Å². The van der Waals surface area contributed by atoms with Crippen molar-refractivity contribution in [2.75, 3.05) is 0 Å². The number of aliphatic hydroxyl groups is 1. The maximum atomic E-state index is 13.6. The van der Waals surface area contributed by atoms with Crippen LogP contribution in [0.3, 0.4) is 0 Å². The summed E-state index contributed by atoms with van der Waals surface area (Å²) in [4.78, 5) is 26.0. The zero-order valence-corrected chi connectivity index (χ0v) is 8.73. The predicted molar refractivity (Wildman–Crippen MR) is 39.4 cm³/mol. The van der Waals surface area contributed by atoms with E-state index >= 15 is 0 Å². The molecule has 0 bridgehead atoms. The second-order valence-electron chi connectivity index (χ2n) is 3.11. The van der Waals surface area contributed by atoms with Crippen LogP contribution in [0.1, 0.15) is 0 Å². The van der Waals surface area contributed by atoms with Crippen LogP contribution in [0.15, 0.2) is 0 Å². The molecule has 0 heterocycles. The fourth-order valence-corrected chi connectivity index (χ4v) is 0.968. The molecule has 0 spiro atoms. The number of hydrogen-bond acceptors (Lipinski definition) is 6. The third-order valence-electron chi connectivity index (χ3n) is 2.04. The van der Waals surface area contributed by atoms with Crippen molar-refractivity contribution in [1.29, 1.82) is 0 Å². The van der Waals surface area contributed by atoms with Gasteiger partial charge in [-0.2, -0.15) is 13.2 Å². The first-order valence-electron chi connectivity index (χ1n) is 4.08. The predicted octanol–water partition coefficient (Wildman–Crippen LogP) is 0.217. The molecule has 14 heteroatoms. The Balaban J connectivity index is 6.18. The second kappa shape index (κ2) is 5.78. The topological polar surface area (TPSA) is 123 Å². The van der Waals surface area contributed by atoms with Crippen molar-refractivity contribution in [1.82, 2.24) is 0 Å². The van der Waals surface area contributed by atoms with Crippen molar-refractivity contribution in [3.05, 3.63) is 0 Å². The summed E-state index contributed by atoms with van der Waals surface area (Å²) in [5, 5.41) is 24.8. The van der Waals surface area contributed by atoms with E-state index in [1.54, 1.807) is 0 Å². The van der Waals surface area contributed by atoms with Crippen LogP contribution < -0.4 is 0 Å². The van der Waals surface area contributed by atoms with E-state index in [1.807, 2.05) is 14.8 Å². The van der Waals surface area contributed by atoms with Gasteiger partial charge >= 0.3 is 29.5 Å². The van der Waals surface area contributed by atoms with Gasteiger partial charge in [-0.15, -0.1) is 14.8 Å². The maximum absolute atomic E-state index is 13.6. The average Bonchev–Trinajstić information content (AvgIpc) is 2.42. The van der Waals surface area contributed by atoms with Crippen LogP contribution in [0.25, 0.3) is 0 Å². The molecule has 118 valence electrons. The standard InChI is InChI=1S/C6H4F6O8/c7-4(18-10,1(13)2(14)15)6(9,20-12)5(8,19-11)3(16)17/h1,13H,(H,14,15)(H,16,17)/t1-,4+,5-,6+/m1/s1. The van der Waals surface area contributed by atoms with E-state index in [2.05, 4.69) is 0 Å². The zero-order chi connectivity index (χ0) is 16.4. The molecule has 20 heavy (non-hydrogen) atoms. The quantitative estimate of drug-likeness (QED) is 0.543. The molecule has 0 rings (SSSR count). The minimum absolute atomic E-state index is 1.83. The highest BCUT2D eigenvalue weighted by atomic mass is 19.3. The summed E-state index contributed by atoms with van der Waals surface area (Å²) in [6.07, 6.45) is -4.09. The van der Waals surface area contributed by atoms with Crippen LogP contribution in [0.4, 0.5) is 26.7 Å².